The number of hydrogen-bond donors (Lipinski definition) is 1. The molecular weight excluding hydrogens is 319 g/mol. The molecule has 1 aromatic carbocycles. The number of rotatable bonds is 4. The number of aliphatic hydroxyl groups excluding tert-OH is 1. The standard InChI is InChI=1S/C18H25BN2O4/c1-17(2)18(3,4)25-19(24-17)13-5-7-14(8-6-13)23-16-12-21(10-9-20)11-15(16)22/h5-8,15-16,22H,10-12H2,1-4H3/t15-,16-/m1/s1. The molecule has 0 saturated carbocycles. The minimum atomic E-state index is -0.587. The van der Waals surface area contributed by atoms with Gasteiger partial charge in [0.15, 0.2) is 0 Å². The summed E-state index contributed by atoms with van der Waals surface area (Å²) >= 11 is 0. The van der Waals surface area contributed by atoms with E-state index in [0.29, 0.717) is 25.4 Å². The van der Waals surface area contributed by atoms with E-state index in [1.165, 1.54) is 0 Å². The van der Waals surface area contributed by atoms with E-state index in [9.17, 15) is 5.11 Å². The molecule has 6 nitrogen and oxygen atoms in total. The third-order valence-corrected chi connectivity index (χ3v) is 5.30. The maximum Gasteiger partial charge on any atom is 0.494 e. The second-order valence-electron chi connectivity index (χ2n) is 7.73. The smallest absolute Gasteiger partial charge is 0.486 e. The van der Waals surface area contributed by atoms with Gasteiger partial charge in [-0.15, -0.1) is 0 Å². The Morgan fingerprint density at radius 2 is 1.80 bits per heavy atom. The lowest BCUT2D eigenvalue weighted by Crippen LogP contribution is -2.41. The molecule has 25 heavy (non-hydrogen) atoms. The van der Waals surface area contributed by atoms with E-state index >= 15 is 0 Å². The Morgan fingerprint density at radius 3 is 2.36 bits per heavy atom. The van der Waals surface area contributed by atoms with Crippen molar-refractivity contribution in [2.75, 3.05) is 19.6 Å². The third kappa shape index (κ3) is 3.68. The highest BCUT2D eigenvalue weighted by Gasteiger charge is 2.51. The normalized spacial score (nSPS) is 28.1. The Labute approximate surface area is 149 Å². The van der Waals surface area contributed by atoms with Crippen molar-refractivity contribution >= 4 is 12.6 Å². The molecule has 2 heterocycles. The van der Waals surface area contributed by atoms with Gasteiger partial charge in [0, 0.05) is 13.1 Å². The Balaban J connectivity index is 1.63. The van der Waals surface area contributed by atoms with Crippen LogP contribution >= 0.6 is 0 Å². The molecule has 0 radical (unpaired) electrons. The van der Waals surface area contributed by atoms with Gasteiger partial charge >= 0.3 is 7.12 Å². The number of ether oxygens (including phenoxy) is 1. The number of nitriles is 1. The lowest BCUT2D eigenvalue weighted by Gasteiger charge is -2.32. The summed E-state index contributed by atoms with van der Waals surface area (Å²) in [6.45, 7) is 9.42. The molecular formula is C18H25BN2O4. The molecule has 0 aliphatic carbocycles. The quantitative estimate of drug-likeness (QED) is 0.647. The summed E-state index contributed by atoms with van der Waals surface area (Å²) in [6.07, 6.45) is -0.910. The van der Waals surface area contributed by atoms with E-state index in [2.05, 4.69) is 6.07 Å². The number of nitrogens with zero attached hydrogens (tertiary/aromatic N) is 2. The lowest BCUT2D eigenvalue weighted by molar-refractivity contribution is 0.00578. The Kier molecular flexibility index (Phi) is 4.82. The number of β-amino-alcohol motifs (C(OH)–C–C–N with tert-alkyl or cyclic N) is 1. The van der Waals surface area contributed by atoms with Crippen molar-refractivity contribution in [1.82, 2.24) is 4.90 Å². The monoisotopic (exact) mass is 344 g/mol. The second kappa shape index (κ2) is 6.62. The summed E-state index contributed by atoms with van der Waals surface area (Å²) in [7, 11) is -0.401. The number of likely N-dealkylation sites (tertiary alicyclic amines) is 1. The number of benzene rings is 1. The Hall–Kier alpha value is -1.59. The van der Waals surface area contributed by atoms with E-state index in [1.807, 2.05) is 56.9 Å². The van der Waals surface area contributed by atoms with Gasteiger partial charge < -0.3 is 19.2 Å². The van der Waals surface area contributed by atoms with Gasteiger partial charge in [-0.3, -0.25) is 4.90 Å². The molecule has 3 rings (SSSR count). The van der Waals surface area contributed by atoms with Crippen molar-refractivity contribution in [2.45, 2.75) is 51.1 Å². The first-order valence-electron chi connectivity index (χ1n) is 8.61. The molecule has 0 unspecified atom stereocenters. The van der Waals surface area contributed by atoms with E-state index in [4.69, 9.17) is 19.3 Å². The fraction of sp³-hybridized carbons (Fsp3) is 0.611. The largest absolute Gasteiger partial charge is 0.494 e. The first-order chi connectivity index (χ1) is 11.7. The molecule has 1 N–H and O–H groups in total. The SMILES string of the molecule is CC1(C)OB(c2ccc(O[C@@H]3CN(CC#N)C[C@H]3O)cc2)OC1(C)C. The van der Waals surface area contributed by atoms with Crippen molar-refractivity contribution in [2.24, 2.45) is 0 Å². The topological polar surface area (TPSA) is 75.0 Å². The first-order valence-corrected chi connectivity index (χ1v) is 8.61. The summed E-state index contributed by atoms with van der Waals surface area (Å²) in [5, 5.41) is 18.8. The summed E-state index contributed by atoms with van der Waals surface area (Å²) in [5.74, 6) is 0.683. The molecule has 2 fully saturated rings. The molecule has 1 aromatic rings. The van der Waals surface area contributed by atoms with Crippen LogP contribution in [0.15, 0.2) is 24.3 Å². The van der Waals surface area contributed by atoms with Crippen molar-refractivity contribution in [3.63, 3.8) is 0 Å². The van der Waals surface area contributed by atoms with E-state index in [0.717, 1.165) is 5.46 Å². The van der Waals surface area contributed by atoms with Crippen molar-refractivity contribution in [1.29, 1.82) is 5.26 Å². The number of aliphatic hydroxyl groups is 1. The van der Waals surface area contributed by atoms with Crippen molar-refractivity contribution in [3.8, 4) is 11.8 Å². The molecule has 134 valence electrons. The highest BCUT2D eigenvalue weighted by molar-refractivity contribution is 6.62. The minimum Gasteiger partial charge on any atom is -0.486 e. The van der Waals surface area contributed by atoms with Crippen LogP contribution in [0.25, 0.3) is 0 Å². The predicted molar refractivity (Wildman–Crippen MR) is 94.6 cm³/mol. The zero-order valence-electron chi connectivity index (χ0n) is 15.2. The van der Waals surface area contributed by atoms with Gasteiger partial charge in [0.25, 0.3) is 0 Å². The molecule has 2 saturated heterocycles. The maximum absolute atomic E-state index is 10.1. The highest BCUT2D eigenvalue weighted by atomic mass is 16.7. The fourth-order valence-corrected chi connectivity index (χ4v) is 3.04. The summed E-state index contributed by atoms with van der Waals surface area (Å²) in [5.41, 5.74) is 0.194. The van der Waals surface area contributed by atoms with Crippen LogP contribution in [0.3, 0.4) is 0 Å². The zero-order chi connectivity index (χ0) is 18.2. The van der Waals surface area contributed by atoms with Crippen LogP contribution in [-0.4, -0.2) is 60.2 Å². The average Bonchev–Trinajstić information content (AvgIpc) is 2.97. The maximum atomic E-state index is 10.1. The number of hydrogen-bond acceptors (Lipinski definition) is 6. The van der Waals surface area contributed by atoms with Gasteiger partial charge in [-0.1, -0.05) is 12.1 Å². The zero-order valence-corrected chi connectivity index (χ0v) is 15.2. The van der Waals surface area contributed by atoms with Gasteiger partial charge in [0.2, 0.25) is 0 Å². The minimum absolute atomic E-state index is 0.303. The van der Waals surface area contributed by atoms with E-state index < -0.39 is 13.2 Å². The van der Waals surface area contributed by atoms with Crippen LogP contribution in [0, 0.1) is 11.3 Å². The summed E-state index contributed by atoms with van der Waals surface area (Å²) < 4.78 is 18.0. The predicted octanol–water partition coefficient (Wildman–Crippen LogP) is 0.933. The summed E-state index contributed by atoms with van der Waals surface area (Å²) in [6, 6.07) is 9.67. The molecule has 2 atom stereocenters. The first kappa shape index (κ1) is 18.2. The van der Waals surface area contributed by atoms with Crippen LogP contribution in [0.5, 0.6) is 5.75 Å². The van der Waals surface area contributed by atoms with Gasteiger partial charge in [-0.25, -0.2) is 0 Å². The van der Waals surface area contributed by atoms with Gasteiger partial charge in [0.05, 0.1) is 23.8 Å². The van der Waals surface area contributed by atoms with Crippen LogP contribution in [0.2, 0.25) is 0 Å². The molecule has 7 heteroatoms. The average molecular weight is 344 g/mol. The van der Waals surface area contributed by atoms with Crippen LogP contribution in [0.1, 0.15) is 27.7 Å². The lowest BCUT2D eigenvalue weighted by atomic mass is 9.79. The second-order valence-corrected chi connectivity index (χ2v) is 7.73. The molecule has 0 aromatic heterocycles. The molecule has 2 aliphatic rings. The Morgan fingerprint density at radius 1 is 1.20 bits per heavy atom. The van der Waals surface area contributed by atoms with Gasteiger partial charge in [0.1, 0.15) is 18.0 Å². The van der Waals surface area contributed by atoms with Gasteiger partial charge in [-0.2, -0.15) is 5.26 Å². The highest BCUT2D eigenvalue weighted by Crippen LogP contribution is 2.36. The van der Waals surface area contributed by atoms with Crippen molar-refractivity contribution < 1.29 is 19.2 Å². The molecule has 2 aliphatic heterocycles. The van der Waals surface area contributed by atoms with E-state index in [1.54, 1.807) is 0 Å². The van der Waals surface area contributed by atoms with Crippen LogP contribution < -0.4 is 10.2 Å². The Bertz CT molecular complexity index is 640. The van der Waals surface area contributed by atoms with Crippen LogP contribution in [-0.2, 0) is 9.31 Å². The van der Waals surface area contributed by atoms with Gasteiger partial charge in [-0.05, 0) is 45.3 Å². The van der Waals surface area contributed by atoms with E-state index in [-0.39, 0.29) is 17.3 Å². The fourth-order valence-electron chi connectivity index (χ4n) is 3.04. The third-order valence-electron chi connectivity index (χ3n) is 5.30. The summed E-state index contributed by atoms with van der Waals surface area (Å²) in [4.78, 5) is 1.88. The molecule has 0 amide bonds. The molecule has 0 spiro atoms. The van der Waals surface area contributed by atoms with Crippen molar-refractivity contribution in [3.05, 3.63) is 24.3 Å². The molecule has 0 bridgehead atoms. The van der Waals surface area contributed by atoms with Crippen LogP contribution in [0.4, 0.5) is 0 Å².